The minimum atomic E-state index is -0.238. The predicted octanol–water partition coefficient (Wildman–Crippen LogP) is 2.78. The number of hydrogen-bond donors (Lipinski definition) is 1. The van der Waals surface area contributed by atoms with Crippen molar-refractivity contribution in [3.05, 3.63) is 59.8 Å². The maximum absolute atomic E-state index is 13.1. The highest BCUT2D eigenvalue weighted by atomic mass is 16.2. The zero-order valence-electron chi connectivity index (χ0n) is 18.0. The van der Waals surface area contributed by atoms with Gasteiger partial charge in [0.1, 0.15) is 11.6 Å². The van der Waals surface area contributed by atoms with E-state index in [2.05, 4.69) is 10.1 Å². The van der Waals surface area contributed by atoms with Crippen LogP contribution in [0, 0.1) is 19.8 Å². The van der Waals surface area contributed by atoms with Crippen LogP contribution in [-0.4, -0.2) is 49.0 Å². The summed E-state index contributed by atoms with van der Waals surface area (Å²) >= 11 is 0. The van der Waals surface area contributed by atoms with E-state index in [4.69, 9.17) is 5.73 Å². The fourth-order valence-corrected chi connectivity index (χ4v) is 4.06. The number of aryl methyl sites for hydroxylation is 3. The van der Waals surface area contributed by atoms with E-state index in [0.29, 0.717) is 37.3 Å². The number of amides is 1. The molecule has 8 nitrogen and oxygen atoms in total. The van der Waals surface area contributed by atoms with Gasteiger partial charge >= 0.3 is 0 Å². The average Bonchev–Trinajstić information content (AvgIpc) is 3.49. The number of aromatic nitrogens is 4. The molecule has 1 aliphatic rings. The molecule has 1 atom stereocenters. The lowest BCUT2D eigenvalue weighted by atomic mass is 9.98. The van der Waals surface area contributed by atoms with Gasteiger partial charge in [0.15, 0.2) is 5.78 Å². The lowest BCUT2D eigenvalue weighted by Gasteiger charge is -2.16. The number of rotatable bonds is 7. The number of likely N-dealkylation sites (tertiary alicyclic amines) is 1. The van der Waals surface area contributed by atoms with Crippen molar-refractivity contribution in [1.29, 1.82) is 0 Å². The molecule has 0 unspecified atom stereocenters. The molecule has 0 bridgehead atoms. The molecule has 162 valence electrons. The highest BCUT2D eigenvalue weighted by Gasteiger charge is 2.33. The number of ketones is 1. The van der Waals surface area contributed by atoms with Gasteiger partial charge < -0.3 is 15.2 Å². The molecule has 8 heteroatoms. The molecule has 1 saturated heterocycles. The second-order valence-corrected chi connectivity index (χ2v) is 8.15. The lowest BCUT2D eigenvalue weighted by molar-refractivity contribution is -0.130. The first-order valence-corrected chi connectivity index (χ1v) is 10.6. The number of hydrogen-bond acceptors (Lipinski definition) is 5. The van der Waals surface area contributed by atoms with Gasteiger partial charge in [-0.15, -0.1) is 0 Å². The van der Waals surface area contributed by atoms with Crippen molar-refractivity contribution in [2.75, 3.05) is 18.8 Å². The molecule has 1 amide bonds. The Bertz CT molecular complexity index is 1080. The third-order valence-electron chi connectivity index (χ3n) is 5.98. The largest absolute Gasteiger partial charge is 0.383 e. The van der Waals surface area contributed by atoms with E-state index in [0.717, 1.165) is 30.0 Å². The first kappa shape index (κ1) is 20.8. The number of nitrogens with zero attached hydrogens (tertiary/aromatic N) is 5. The number of imidazole rings is 1. The van der Waals surface area contributed by atoms with Gasteiger partial charge in [0.2, 0.25) is 5.91 Å². The summed E-state index contributed by atoms with van der Waals surface area (Å²) in [6.07, 6.45) is 7.09. The van der Waals surface area contributed by atoms with Crippen LogP contribution in [0.4, 0.5) is 5.82 Å². The topological polar surface area (TPSA) is 99.0 Å². The number of carbonyl (C=O) groups is 2. The molecule has 2 aromatic heterocycles. The Kier molecular flexibility index (Phi) is 5.88. The van der Waals surface area contributed by atoms with Crippen molar-refractivity contribution in [3.63, 3.8) is 0 Å². The number of benzene rings is 1. The first-order valence-electron chi connectivity index (χ1n) is 10.6. The molecule has 0 spiro atoms. The molecule has 0 aliphatic carbocycles. The molecular weight excluding hydrogens is 392 g/mol. The standard InChI is InChI=1S/C23H28N6O2/c1-16-5-7-19(8-6-16)29-23(24)20(14-26-29)22(31)18-9-12-28(15-18)21(30)4-3-11-27-13-10-25-17(27)2/h5-8,10,13-14,18H,3-4,9,11-12,15,24H2,1-2H3/t18-/m0/s1. The molecule has 31 heavy (non-hydrogen) atoms. The Morgan fingerprint density at radius 2 is 1.97 bits per heavy atom. The molecule has 3 aromatic rings. The van der Waals surface area contributed by atoms with E-state index in [1.165, 1.54) is 6.20 Å². The fourth-order valence-electron chi connectivity index (χ4n) is 4.06. The van der Waals surface area contributed by atoms with Gasteiger partial charge in [-0.05, 0) is 38.8 Å². The summed E-state index contributed by atoms with van der Waals surface area (Å²) < 4.78 is 3.63. The van der Waals surface area contributed by atoms with Crippen molar-refractivity contribution in [2.45, 2.75) is 39.7 Å². The minimum Gasteiger partial charge on any atom is -0.383 e. The first-order chi connectivity index (χ1) is 14.9. The Labute approximate surface area is 181 Å². The number of Topliss-reactive ketones (excluding diaryl/α,β-unsaturated/α-hetero) is 1. The molecular formula is C23H28N6O2. The third kappa shape index (κ3) is 4.38. The lowest BCUT2D eigenvalue weighted by Crippen LogP contribution is -2.30. The summed E-state index contributed by atoms with van der Waals surface area (Å²) in [7, 11) is 0. The molecule has 4 rings (SSSR count). The van der Waals surface area contributed by atoms with Gasteiger partial charge in [-0.2, -0.15) is 5.10 Å². The van der Waals surface area contributed by atoms with Crippen molar-refractivity contribution in [3.8, 4) is 5.69 Å². The molecule has 1 fully saturated rings. The summed E-state index contributed by atoms with van der Waals surface area (Å²) in [4.78, 5) is 31.6. The fraction of sp³-hybridized carbons (Fsp3) is 0.391. The van der Waals surface area contributed by atoms with Crippen molar-refractivity contribution in [1.82, 2.24) is 24.2 Å². The van der Waals surface area contributed by atoms with Gasteiger partial charge in [-0.1, -0.05) is 17.7 Å². The normalized spacial score (nSPS) is 16.1. The van der Waals surface area contributed by atoms with Crippen LogP contribution in [-0.2, 0) is 11.3 Å². The van der Waals surface area contributed by atoms with Crippen molar-refractivity contribution in [2.24, 2.45) is 5.92 Å². The van der Waals surface area contributed by atoms with Crippen molar-refractivity contribution >= 4 is 17.5 Å². The van der Waals surface area contributed by atoms with E-state index in [1.54, 1.807) is 15.8 Å². The minimum absolute atomic E-state index is 0.0415. The highest BCUT2D eigenvalue weighted by molar-refractivity contribution is 6.02. The van der Waals surface area contributed by atoms with Crippen molar-refractivity contribution < 1.29 is 9.59 Å². The Hall–Kier alpha value is -3.42. The predicted molar refractivity (Wildman–Crippen MR) is 118 cm³/mol. The molecule has 3 heterocycles. The highest BCUT2D eigenvalue weighted by Crippen LogP contribution is 2.26. The van der Waals surface area contributed by atoms with E-state index >= 15 is 0 Å². The summed E-state index contributed by atoms with van der Waals surface area (Å²) in [5.74, 6) is 1.10. The maximum atomic E-state index is 13.1. The van der Waals surface area contributed by atoms with Crippen LogP contribution in [0.3, 0.4) is 0 Å². The van der Waals surface area contributed by atoms with E-state index in [9.17, 15) is 9.59 Å². The summed E-state index contributed by atoms with van der Waals surface area (Å²) in [6.45, 7) is 5.77. The molecule has 0 saturated carbocycles. The van der Waals surface area contributed by atoms with Gasteiger partial charge in [-0.3, -0.25) is 9.59 Å². The maximum Gasteiger partial charge on any atom is 0.222 e. The van der Waals surface area contributed by atoms with E-state index in [-0.39, 0.29) is 17.6 Å². The molecule has 2 N–H and O–H groups in total. The van der Waals surface area contributed by atoms with Crippen LogP contribution in [0.1, 0.15) is 41.0 Å². The van der Waals surface area contributed by atoms with Gasteiger partial charge in [0, 0.05) is 44.4 Å². The molecule has 0 radical (unpaired) electrons. The Morgan fingerprint density at radius 1 is 1.19 bits per heavy atom. The second-order valence-electron chi connectivity index (χ2n) is 8.15. The summed E-state index contributed by atoms with van der Waals surface area (Å²) in [6, 6.07) is 7.81. The van der Waals surface area contributed by atoms with Crippen LogP contribution < -0.4 is 5.73 Å². The number of nitrogens with two attached hydrogens (primary N) is 1. The van der Waals surface area contributed by atoms with Gasteiger partial charge in [0.05, 0.1) is 17.4 Å². The van der Waals surface area contributed by atoms with E-state index in [1.807, 2.05) is 48.9 Å². The van der Waals surface area contributed by atoms with Crippen LogP contribution in [0.25, 0.3) is 5.69 Å². The van der Waals surface area contributed by atoms with Gasteiger partial charge in [-0.25, -0.2) is 9.67 Å². The van der Waals surface area contributed by atoms with Crippen LogP contribution in [0.2, 0.25) is 0 Å². The number of anilines is 1. The zero-order valence-corrected chi connectivity index (χ0v) is 18.0. The molecule has 1 aliphatic heterocycles. The van der Waals surface area contributed by atoms with Crippen LogP contribution in [0.15, 0.2) is 42.9 Å². The number of carbonyl (C=O) groups excluding carboxylic acids is 2. The molecule has 1 aromatic carbocycles. The number of nitrogen functional groups attached to an aromatic ring is 1. The van der Waals surface area contributed by atoms with Crippen LogP contribution >= 0.6 is 0 Å². The van der Waals surface area contributed by atoms with Crippen LogP contribution in [0.5, 0.6) is 0 Å². The average molecular weight is 421 g/mol. The third-order valence-corrected chi connectivity index (χ3v) is 5.98. The summed E-state index contributed by atoms with van der Waals surface area (Å²) in [5.41, 5.74) is 8.64. The monoisotopic (exact) mass is 420 g/mol. The second kappa shape index (κ2) is 8.75. The van der Waals surface area contributed by atoms with E-state index < -0.39 is 0 Å². The van der Waals surface area contributed by atoms with Gasteiger partial charge in [0.25, 0.3) is 0 Å². The Morgan fingerprint density at radius 3 is 2.68 bits per heavy atom. The SMILES string of the molecule is Cc1ccc(-n2ncc(C(=O)[C@H]3CCN(C(=O)CCCn4ccnc4C)C3)c2N)cc1. The smallest absolute Gasteiger partial charge is 0.222 e. The quantitative estimate of drug-likeness (QED) is 0.593. The Balaban J connectivity index is 1.34. The summed E-state index contributed by atoms with van der Waals surface area (Å²) in [5, 5.41) is 4.32. The zero-order chi connectivity index (χ0) is 22.0.